The number of Topliss-reactive ketones (excluding diaryl/α,β-unsaturated/α-hetero) is 1. The highest BCUT2D eigenvalue weighted by molar-refractivity contribution is 6.30. The van der Waals surface area contributed by atoms with Crippen molar-refractivity contribution in [3.05, 3.63) is 69.7 Å². The highest BCUT2D eigenvalue weighted by Gasteiger charge is 2.29. The lowest BCUT2D eigenvalue weighted by molar-refractivity contribution is -0.122. The van der Waals surface area contributed by atoms with Crippen LogP contribution >= 0.6 is 23.2 Å². The van der Waals surface area contributed by atoms with Gasteiger partial charge < -0.3 is 5.73 Å². The van der Waals surface area contributed by atoms with Gasteiger partial charge in [-0.05, 0) is 92.7 Å². The van der Waals surface area contributed by atoms with Crippen LogP contribution in [0.4, 0.5) is 0 Å². The molecule has 2 fully saturated rings. The van der Waals surface area contributed by atoms with Gasteiger partial charge in [-0.25, -0.2) is 0 Å². The van der Waals surface area contributed by atoms with Crippen molar-refractivity contribution >= 4 is 29.0 Å². The normalized spacial score (nSPS) is 19.3. The number of carbonyl (C=O) groups is 1. The van der Waals surface area contributed by atoms with E-state index in [0.717, 1.165) is 28.8 Å². The third-order valence-electron chi connectivity index (χ3n) is 7.93. The number of carbonyl (C=O) groups excluding carboxylic acids is 1. The molecule has 34 heavy (non-hydrogen) atoms. The second kappa shape index (κ2) is 13.7. The summed E-state index contributed by atoms with van der Waals surface area (Å²) in [7, 11) is 0. The van der Waals surface area contributed by atoms with E-state index in [1.54, 1.807) is 6.92 Å². The van der Waals surface area contributed by atoms with E-state index >= 15 is 0 Å². The molecule has 0 saturated heterocycles. The van der Waals surface area contributed by atoms with Gasteiger partial charge in [0.15, 0.2) is 0 Å². The lowest BCUT2D eigenvalue weighted by Gasteiger charge is -2.27. The minimum absolute atomic E-state index is 0.207. The molecule has 2 aromatic carbocycles. The van der Waals surface area contributed by atoms with Crippen molar-refractivity contribution in [1.82, 2.24) is 0 Å². The molecule has 2 N–H and O–H groups in total. The second-order valence-corrected chi connectivity index (χ2v) is 11.4. The summed E-state index contributed by atoms with van der Waals surface area (Å²) in [6, 6.07) is 16.4. The number of nitrogens with two attached hydrogens (primary N) is 1. The Kier molecular flexibility index (Phi) is 10.9. The minimum Gasteiger partial charge on any atom is -0.328 e. The van der Waals surface area contributed by atoms with E-state index in [9.17, 15) is 4.79 Å². The molecule has 186 valence electrons. The molecule has 4 heteroatoms. The topological polar surface area (TPSA) is 43.1 Å². The highest BCUT2D eigenvalue weighted by atomic mass is 35.5. The molecule has 0 bridgehead atoms. The molecule has 2 saturated carbocycles. The first kappa shape index (κ1) is 27.2. The average Bonchev–Trinajstić information content (AvgIpc) is 3.53. The Morgan fingerprint density at radius 2 is 1.21 bits per heavy atom. The molecule has 0 amide bonds. The Bertz CT molecular complexity index is 866. The molecule has 2 aliphatic carbocycles. The first-order chi connectivity index (χ1) is 16.3. The van der Waals surface area contributed by atoms with E-state index in [2.05, 4.69) is 19.1 Å². The van der Waals surface area contributed by atoms with Crippen molar-refractivity contribution in [3.8, 4) is 0 Å². The SMILES string of the molecule is CC(=O)C(Cc1ccc(Cl)cc1)C1CCCC1.CC(N)C(Cc1ccc(Cl)cc1)C1CCCC1. The summed E-state index contributed by atoms with van der Waals surface area (Å²) in [6.07, 6.45) is 12.5. The van der Waals surface area contributed by atoms with Crippen LogP contribution in [0.5, 0.6) is 0 Å². The number of ketones is 1. The fourth-order valence-electron chi connectivity index (χ4n) is 5.94. The van der Waals surface area contributed by atoms with Gasteiger partial charge in [-0.1, -0.05) is 86.0 Å². The third-order valence-corrected chi connectivity index (χ3v) is 8.43. The summed E-state index contributed by atoms with van der Waals surface area (Å²) >= 11 is 11.8. The molecule has 0 radical (unpaired) electrons. The fraction of sp³-hybridized carbons (Fsp3) is 0.567. The van der Waals surface area contributed by atoms with Gasteiger partial charge in [0, 0.05) is 22.0 Å². The van der Waals surface area contributed by atoms with Crippen LogP contribution in [-0.2, 0) is 17.6 Å². The van der Waals surface area contributed by atoms with Gasteiger partial charge in [0.2, 0.25) is 0 Å². The molecular weight excluding hydrogens is 461 g/mol. The van der Waals surface area contributed by atoms with Crippen molar-refractivity contribution in [2.75, 3.05) is 0 Å². The number of halogens is 2. The molecule has 2 aromatic rings. The van der Waals surface area contributed by atoms with Gasteiger partial charge >= 0.3 is 0 Å². The van der Waals surface area contributed by atoms with E-state index in [-0.39, 0.29) is 12.0 Å². The van der Waals surface area contributed by atoms with Crippen molar-refractivity contribution < 1.29 is 4.79 Å². The zero-order valence-electron chi connectivity index (χ0n) is 20.8. The molecule has 0 spiro atoms. The molecule has 0 aromatic heterocycles. The Labute approximate surface area is 216 Å². The first-order valence-corrected chi connectivity index (χ1v) is 13.8. The molecule has 0 aliphatic heterocycles. The van der Waals surface area contributed by atoms with Crippen LogP contribution in [0.3, 0.4) is 0 Å². The monoisotopic (exact) mass is 501 g/mol. The number of hydrogen-bond acceptors (Lipinski definition) is 2. The summed E-state index contributed by atoms with van der Waals surface area (Å²) < 4.78 is 0. The third kappa shape index (κ3) is 8.40. The van der Waals surface area contributed by atoms with E-state index in [4.69, 9.17) is 28.9 Å². The maximum absolute atomic E-state index is 11.8. The molecule has 4 rings (SSSR count). The second-order valence-electron chi connectivity index (χ2n) is 10.5. The van der Waals surface area contributed by atoms with E-state index in [0.29, 0.717) is 17.6 Å². The minimum atomic E-state index is 0.207. The lowest BCUT2D eigenvalue weighted by Crippen LogP contribution is -2.33. The highest BCUT2D eigenvalue weighted by Crippen LogP contribution is 2.35. The van der Waals surface area contributed by atoms with E-state index in [1.807, 2.05) is 36.4 Å². The Morgan fingerprint density at radius 1 is 0.794 bits per heavy atom. The van der Waals surface area contributed by atoms with Crippen molar-refractivity contribution in [3.63, 3.8) is 0 Å². The van der Waals surface area contributed by atoms with Crippen LogP contribution in [-0.4, -0.2) is 11.8 Å². The zero-order valence-corrected chi connectivity index (χ0v) is 22.3. The standard InChI is InChI=1S/C15H22ClN.C15H19ClO/c2*1-11(17)15(13-4-2-3-5-13)10-12-6-8-14(16)9-7-12/h6-9,11,13,15H,2-5,10,17H2,1H3;6-9,13,15H,2-5,10H2,1H3. The van der Waals surface area contributed by atoms with Crippen LogP contribution < -0.4 is 5.73 Å². The van der Waals surface area contributed by atoms with Gasteiger partial charge in [-0.3, -0.25) is 4.79 Å². The van der Waals surface area contributed by atoms with Crippen LogP contribution in [0.2, 0.25) is 10.0 Å². The van der Waals surface area contributed by atoms with Gasteiger partial charge in [-0.2, -0.15) is 0 Å². The molecular formula is C30H41Cl2NO. The van der Waals surface area contributed by atoms with Gasteiger partial charge in [-0.15, -0.1) is 0 Å². The van der Waals surface area contributed by atoms with E-state index < -0.39 is 0 Å². The van der Waals surface area contributed by atoms with Crippen LogP contribution in [0.25, 0.3) is 0 Å². The predicted octanol–water partition coefficient (Wildman–Crippen LogP) is 8.31. The average molecular weight is 503 g/mol. The summed E-state index contributed by atoms with van der Waals surface area (Å²) in [5, 5.41) is 1.57. The van der Waals surface area contributed by atoms with Gasteiger partial charge in [0.25, 0.3) is 0 Å². The van der Waals surface area contributed by atoms with Crippen LogP contribution in [0, 0.1) is 23.7 Å². The quantitative estimate of drug-likeness (QED) is 0.394. The van der Waals surface area contributed by atoms with Crippen LogP contribution in [0.1, 0.15) is 76.3 Å². The summed E-state index contributed by atoms with van der Waals surface area (Å²) in [6.45, 7) is 3.89. The number of hydrogen-bond donors (Lipinski definition) is 1. The summed E-state index contributed by atoms with van der Waals surface area (Å²) in [5.74, 6) is 2.60. The number of benzene rings is 2. The molecule has 3 unspecified atom stereocenters. The molecule has 3 atom stereocenters. The zero-order chi connectivity index (χ0) is 24.5. The first-order valence-electron chi connectivity index (χ1n) is 13.1. The van der Waals surface area contributed by atoms with Crippen LogP contribution in [0.15, 0.2) is 48.5 Å². The maximum atomic E-state index is 11.8. The molecule has 2 nitrogen and oxygen atoms in total. The lowest BCUT2D eigenvalue weighted by atomic mass is 9.81. The molecule has 2 aliphatic rings. The van der Waals surface area contributed by atoms with Gasteiger partial charge in [0.1, 0.15) is 5.78 Å². The smallest absolute Gasteiger partial charge is 0.133 e. The van der Waals surface area contributed by atoms with Crippen molar-refractivity contribution in [2.45, 2.75) is 84.1 Å². The van der Waals surface area contributed by atoms with Crippen molar-refractivity contribution in [2.24, 2.45) is 29.4 Å². The Hall–Kier alpha value is -1.35. The largest absolute Gasteiger partial charge is 0.328 e. The van der Waals surface area contributed by atoms with E-state index in [1.165, 1.54) is 62.5 Å². The summed E-state index contributed by atoms with van der Waals surface area (Å²) in [5.41, 5.74) is 8.76. The van der Waals surface area contributed by atoms with Crippen molar-refractivity contribution in [1.29, 1.82) is 0 Å². The van der Waals surface area contributed by atoms with Gasteiger partial charge in [0.05, 0.1) is 0 Å². The Balaban J connectivity index is 0.000000191. The summed E-state index contributed by atoms with van der Waals surface area (Å²) in [4.78, 5) is 11.8. The Morgan fingerprint density at radius 3 is 1.62 bits per heavy atom. The number of rotatable bonds is 8. The predicted molar refractivity (Wildman–Crippen MR) is 146 cm³/mol. The maximum Gasteiger partial charge on any atom is 0.133 e. The fourth-order valence-corrected chi connectivity index (χ4v) is 6.19. The molecule has 0 heterocycles.